The first-order valence-corrected chi connectivity index (χ1v) is 6.92. The fourth-order valence-electron chi connectivity index (χ4n) is 3.02. The van der Waals surface area contributed by atoms with Crippen LogP contribution in [0.4, 0.5) is 0 Å². The van der Waals surface area contributed by atoms with Gasteiger partial charge < -0.3 is 9.84 Å². The molecule has 3 rings (SSSR count). The first-order valence-electron chi connectivity index (χ1n) is 6.92. The Hall–Kier alpha value is -1.99. The van der Waals surface area contributed by atoms with Gasteiger partial charge in [-0.2, -0.15) is 0 Å². The number of nitrogens with zero attached hydrogens (tertiary/aromatic N) is 4. The summed E-state index contributed by atoms with van der Waals surface area (Å²) in [7, 11) is 1.54. The Morgan fingerprint density at radius 3 is 3.14 bits per heavy atom. The van der Waals surface area contributed by atoms with E-state index in [0.29, 0.717) is 18.7 Å². The van der Waals surface area contributed by atoms with E-state index in [1.54, 1.807) is 6.20 Å². The van der Waals surface area contributed by atoms with Crippen LogP contribution in [0, 0.1) is 0 Å². The molecule has 1 unspecified atom stereocenters. The third-order valence-corrected chi connectivity index (χ3v) is 4.04. The third kappa shape index (κ3) is 2.38. The average Bonchev–Trinajstić information content (AvgIpc) is 3.04. The van der Waals surface area contributed by atoms with Crippen molar-refractivity contribution in [1.82, 2.24) is 19.3 Å². The van der Waals surface area contributed by atoms with Crippen molar-refractivity contribution < 1.29 is 14.6 Å². The summed E-state index contributed by atoms with van der Waals surface area (Å²) >= 11 is 0. The van der Waals surface area contributed by atoms with E-state index in [4.69, 9.17) is 4.74 Å². The van der Waals surface area contributed by atoms with Gasteiger partial charge >= 0.3 is 5.97 Å². The van der Waals surface area contributed by atoms with Crippen molar-refractivity contribution in [2.45, 2.75) is 24.9 Å². The zero-order valence-electron chi connectivity index (χ0n) is 11.9. The lowest BCUT2D eigenvalue weighted by Gasteiger charge is -2.33. The van der Waals surface area contributed by atoms with Gasteiger partial charge in [0.25, 0.3) is 0 Å². The van der Waals surface area contributed by atoms with Gasteiger partial charge in [0.1, 0.15) is 5.54 Å². The summed E-state index contributed by atoms with van der Waals surface area (Å²) in [5.74, 6) is -0.205. The molecule has 0 bridgehead atoms. The molecular weight excluding hydrogens is 272 g/mol. The van der Waals surface area contributed by atoms with Crippen LogP contribution < -0.4 is 0 Å². The highest BCUT2D eigenvalue weighted by molar-refractivity contribution is 5.79. The Bertz CT molecular complexity index is 623. The van der Waals surface area contributed by atoms with Crippen molar-refractivity contribution in [3.05, 3.63) is 30.4 Å². The van der Waals surface area contributed by atoms with Crippen LogP contribution in [0.1, 0.15) is 18.5 Å². The SMILES string of the molecule is COCC1(C(=O)O)CCCN1Cc1cn2cccnc2n1. The number of hydrogen-bond acceptors (Lipinski definition) is 5. The molecule has 1 atom stereocenters. The van der Waals surface area contributed by atoms with Crippen LogP contribution in [0.3, 0.4) is 0 Å². The molecule has 0 radical (unpaired) electrons. The standard InChI is InChI=1S/C14H18N4O3/c1-21-10-14(12(19)20)4-2-7-18(14)9-11-8-17-6-3-5-15-13(17)16-11/h3,5-6,8H,2,4,7,9-10H2,1H3,(H,19,20). The predicted octanol–water partition coefficient (Wildman–Crippen LogP) is 0.795. The molecule has 7 nitrogen and oxygen atoms in total. The highest BCUT2D eigenvalue weighted by Gasteiger charge is 2.47. The number of imidazole rings is 1. The van der Waals surface area contributed by atoms with Crippen LogP contribution in [-0.4, -0.2) is 56.1 Å². The number of carboxylic acids is 1. The number of hydrogen-bond donors (Lipinski definition) is 1. The summed E-state index contributed by atoms with van der Waals surface area (Å²) in [5, 5.41) is 9.62. The van der Waals surface area contributed by atoms with Gasteiger partial charge in [0.2, 0.25) is 5.78 Å². The van der Waals surface area contributed by atoms with Crippen molar-refractivity contribution in [2.24, 2.45) is 0 Å². The van der Waals surface area contributed by atoms with Crippen LogP contribution in [-0.2, 0) is 16.1 Å². The van der Waals surface area contributed by atoms with Crippen molar-refractivity contribution in [3.63, 3.8) is 0 Å². The third-order valence-electron chi connectivity index (χ3n) is 4.04. The molecule has 1 aliphatic heterocycles. The predicted molar refractivity (Wildman–Crippen MR) is 74.9 cm³/mol. The van der Waals surface area contributed by atoms with Crippen molar-refractivity contribution in [3.8, 4) is 0 Å². The van der Waals surface area contributed by atoms with Crippen molar-refractivity contribution in [2.75, 3.05) is 20.3 Å². The lowest BCUT2D eigenvalue weighted by Crippen LogP contribution is -2.53. The van der Waals surface area contributed by atoms with E-state index in [2.05, 4.69) is 9.97 Å². The number of methoxy groups -OCH3 is 1. The topological polar surface area (TPSA) is 80.0 Å². The van der Waals surface area contributed by atoms with Crippen LogP contribution in [0.15, 0.2) is 24.7 Å². The number of fused-ring (bicyclic) bond motifs is 1. The molecule has 1 fully saturated rings. The van der Waals surface area contributed by atoms with Crippen molar-refractivity contribution >= 4 is 11.7 Å². The number of carboxylic acid groups (broad SMARTS) is 1. The zero-order chi connectivity index (χ0) is 14.9. The molecule has 1 N–H and O–H groups in total. The maximum atomic E-state index is 11.7. The highest BCUT2D eigenvalue weighted by atomic mass is 16.5. The van der Waals surface area contributed by atoms with Crippen molar-refractivity contribution in [1.29, 1.82) is 0 Å². The molecule has 112 valence electrons. The molecule has 3 heterocycles. The number of ether oxygens (including phenoxy) is 1. The number of likely N-dealkylation sites (tertiary alicyclic amines) is 1. The monoisotopic (exact) mass is 290 g/mol. The highest BCUT2D eigenvalue weighted by Crippen LogP contribution is 2.31. The molecule has 2 aromatic heterocycles. The molecule has 0 spiro atoms. The van der Waals surface area contributed by atoms with Crippen LogP contribution in [0.2, 0.25) is 0 Å². The first-order chi connectivity index (χ1) is 10.2. The van der Waals surface area contributed by atoms with Crippen LogP contribution >= 0.6 is 0 Å². The van der Waals surface area contributed by atoms with E-state index in [1.165, 1.54) is 7.11 Å². The lowest BCUT2D eigenvalue weighted by molar-refractivity contribution is -0.153. The number of rotatable bonds is 5. The van der Waals surface area contributed by atoms with E-state index in [0.717, 1.165) is 18.7 Å². The summed E-state index contributed by atoms with van der Waals surface area (Å²) in [6.45, 7) is 1.41. The van der Waals surface area contributed by atoms with Crippen LogP contribution in [0.25, 0.3) is 5.78 Å². The fourth-order valence-corrected chi connectivity index (χ4v) is 3.02. The largest absolute Gasteiger partial charge is 0.480 e. The maximum absolute atomic E-state index is 11.7. The molecule has 21 heavy (non-hydrogen) atoms. The number of carbonyl (C=O) groups is 1. The zero-order valence-corrected chi connectivity index (χ0v) is 11.9. The van der Waals surface area contributed by atoms with E-state index < -0.39 is 11.5 Å². The Labute approximate surface area is 122 Å². The molecule has 1 aliphatic rings. The van der Waals surface area contributed by atoms with Gasteiger partial charge in [-0.05, 0) is 25.5 Å². The lowest BCUT2D eigenvalue weighted by atomic mass is 9.97. The average molecular weight is 290 g/mol. The number of aliphatic carboxylic acids is 1. The van der Waals surface area contributed by atoms with Gasteiger partial charge in [0.15, 0.2) is 0 Å². The second-order valence-electron chi connectivity index (χ2n) is 5.35. The minimum absolute atomic E-state index is 0.188. The number of aromatic nitrogens is 3. The minimum atomic E-state index is -0.946. The normalized spacial score (nSPS) is 22.9. The Balaban J connectivity index is 1.86. The second kappa shape index (κ2) is 5.42. The Kier molecular flexibility index (Phi) is 3.60. The molecule has 0 aromatic carbocycles. The molecule has 1 saturated heterocycles. The molecule has 2 aromatic rings. The summed E-state index contributed by atoms with van der Waals surface area (Å²) in [6, 6.07) is 1.83. The quantitative estimate of drug-likeness (QED) is 0.877. The molecular formula is C14H18N4O3. The van der Waals surface area contributed by atoms with Gasteiger partial charge in [-0.1, -0.05) is 0 Å². The van der Waals surface area contributed by atoms with E-state index in [1.807, 2.05) is 27.8 Å². The summed E-state index contributed by atoms with van der Waals surface area (Å²) < 4.78 is 6.99. The molecule has 0 saturated carbocycles. The van der Waals surface area contributed by atoms with E-state index >= 15 is 0 Å². The second-order valence-corrected chi connectivity index (χ2v) is 5.35. The van der Waals surface area contributed by atoms with Gasteiger partial charge in [-0.15, -0.1) is 0 Å². The van der Waals surface area contributed by atoms with Gasteiger partial charge in [-0.3, -0.25) is 14.1 Å². The molecule has 0 amide bonds. The van der Waals surface area contributed by atoms with Gasteiger partial charge in [0, 0.05) is 32.2 Å². The summed E-state index contributed by atoms with van der Waals surface area (Å²) in [4.78, 5) is 22.3. The van der Waals surface area contributed by atoms with Gasteiger partial charge in [0.05, 0.1) is 12.3 Å². The van der Waals surface area contributed by atoms with Crippen LogP contribution in [0.5, 0.6) is 0 Å². The smallest absolute Gasteiger partial charge is 0.326 e. The summed E-state index contributed by atoms with van der Waals surface area (Å²) in [6.07, 6.45) is 6.90. The molecule has 7 heteroatoms. The molecule has 0 aliphatic carbocycles. The van der Waals surface area contributed by atoms with E-state index in [9.17, 15) is 9.90 Å². The van der Waals surface area contributed by atoms with Gasteiger partial charge in [-0.25, -0.2) is 9.97 Å². The Morgan fingerprint density at radius 1 is 1.57 bits per heavy atom. The Morgan fingerprint density at radius 2 is 2.43 bits per heavy atom. The fraction of sp³-hybridized carbons (Fsp3) is 0.500. The minimum Gasteiger partial charge on any atom is -0.480 e. The van der Waals surface area contributed by atoms with E-state index in [-0.39, 0.29) is 6.61 Å². The summed E-state index contributed by atoms with van der Waals surface area (Å²) in [5.41, 5.74) is -0.129. The maximum Gasteiger partial charge on any atom is 0.326 e. The first kappa shape index (κ1) is 14.0.